The van der Waals surface area contributed by atoms with Crippen molar-refractivity contribution >= 4 is 11.6 Å². The number of hydrogen-bond acceptors (Lipinski definition) is 3. The molecule has 1 aromatic rings. The molecule has 0 bridgehead atoms. The number of amides is 1. The first-order valence-corrected chi connectivity index (χ1v) is 7.47. The van der Waals surface area contributed by atoms with Crippen LogP contribution in [0.4, 0.5) is 5.69 Å². The van der Waals surface area contributed by atoms with Crippen molar-refractivity contribution in [2.24, 2.45) is 0 Å². The fourth-order valence-electron chi connectivity index (χ4n) is 3.20. The van der Waals surface area contributed by atoms with Crippen LogP contribution in [0.2, 0.25) is 0 Å². The number of carbonyl (C=O) groups is 1. The molecule has 1 unspecified atom stereocenters. The highest BCUT2D eigenvalue weighted by molar-refractivity contribution is 5.86. The minimum atomic E-state index is -0.00190. The van der Waals surface area contributed by atoms with E-state index in [9.17, 15) is 4.79 Å². The van der Waals surface area contributed by atoms with Crippen molar-refractivity contribution in [2.45, 2.75) is 31.8 Å². The first-order valence-electron chi connectivity index (χ1n) is 7.47. The Kier molecular flexibility index (Phi) is 3.92. The summed E-state index contributed by atoms with van der Waals surface area (Å²) in [5, 5.41) is 0. The van der Waals surface area contributed by atoms with Crippen LogP contribution >= 0.6 is 0 Å². The predicted molar refractivity (Wildman–Crippen MR) is 78.8 cm³/mol. The Bertz CT molecular complexity index is 463. The maximum Gasteiger partial charge on any atom is 0.245 e. The van der Waals surface area contributed by atoms with Gasteiger partial charge in [0, 0.05) is 18.8 Å². The molecule has 1 amide bonds. The Hall–Kier alpha value is -1.55. The quantitative estimate of drug-likeness (QED) is 0.826. The Morgan fingerprint density at radius 2 is 2.05 bits per heavy atom. The van der Waals surface area contributed by atoms with Gasteiger partial charge in [-0.1, -0.05) is 18.2 Å². The highest BCUT2D eigenvalue weighted by Gasteiger charge is 2.36. The van der Waals surface area contributed by atoms with Crippen LogP contribution in [0.15, 0.2) is 30.3 Å². The van der Waals surface area contributed by atoms with Crippen LogP contribution in [-0.2, 0) is 9.53 Å². The number of benzene rings is 1. The van der Waals surface area contributed by atoms with Gasteiger partial charge >= 0.3 is 0 Å². The number of nitrogens with zero attached hydrogens (tertiary/aromatic N) is 2. The molecule has 2 aliphatic heterocycles. The molecule has 2 saturated heterocycles. The minimum absolute atomic E-state index is 0.00190. The zero-order valence-electron chi connectivity index (χ0n) is 12.0. The van der Waals surface area contributed by atoms with Crippen LogP contribution in [0.1, 0.15) is 19.8 Å². The smallest absolute Gasteiger partial charge is 0.245 e. The summed E-state index contributed by atoms with van der Waals surface area (Å²) in [6.07, 6.45) is 2.04. The standard InChI is InChI=1S/C16H22N2O2/c1-13-12-20-11-10-17(13)16(19)15-8-5-9-18(15)14-6-3-2-4-7-14/h2-4,6-7,13,15H,5,8-12H2,1H3/t13-,15?/m0/s1. The zero-order chi connectivity index (χ0) is 13.9. The highest BCUT2D eigenvalue weighted by atomic mass is 16.5. The normalized spacial score (nSPS) is 26.9. The maximum atomic E-state index is 12.8. The second kappa shape index (κ2) is 5.83. The van der Waals surface area contributed by atoms with Crippen molar-refractivity contribution in [3.8, 4) is 0 Å². The molecule has 3 rings (SSSR count). The summed E-state index contributed by atoms with van der Waals surface area (Å²) in [4.78, 5) is 17.1. The van der Waals surface area contributed by atoms with Gasteiger partial charge in [-0.2, -0.15) is 0 Å². The van der Waals surface area contributed by atoms with E-state index in [2.05, 4.69) is 24.0 Å². The van der Waals surface area contributed by atoms with E-state index in [0.717, 1.165) is 31.6 Å². The monoisotopic (exact) mass is 274 g/mol. The third-order valence-corrected chi connectivity index (χ3v) is 4.28. The zero-order valence-corrected chi connectivity index (χ0v) is 12.0. The lowest BCUT2D eigenvalue weighted by Gasteiger charge is -2.37. The average molecular weight is 274 g/mol. The van der Waals surface area contributed by atoms with Crippen LogP contribution in [0.5, 0.6) is 0 Å². The highest BCUT2D eigenvalue weighted by Crippen LogP contribution is 2.27. The molecule has 4 nitrogen and oxygen atoms in total. The van der Waals surface area contributed by atoms with Crippen molar-refractivity contribution in [1.29, 1.82) is 0 Å². The maximum absolute atomic E-state index is 12.8. The molecule has 2 fully saturated rings. The summed E-state index contributed by atoms with van der Waals surface area (Å²) in [6, 6.07) is 10.5. The van der Waals surface area contributed by atoms with Crippen molar-refractivity contribution < 1.29 is 9.53 Å². The van der Waals surface area contributed by atoms with E-state index in [-0.39, 0.29) is 18.0 Å². The largest absolute Gasteiger partial charge is 0.377 e. The second-order valence-corrected chi connectivity index (χ2v) is 5.64. The number of rotatable bonds is 2. The molecule has 0 N–H and O–H groups in total. The third kappa shape index (κ3) is 2.52. The molecule has 0 aromatic heterocycles. The second-order valence-electron chi connectivity index (χ2n) is 5.64. The molecule has 2 heterocycles. The number of hydrogen-bond donors (Lipinski definition) is 0. The van der Waals surface area contributed by atoms with E-state index in [0.29, 0.717) is 13.2 Å². The van der Waals surface area contributed by atoms with E-state index < -0.39 is 0 Å². The van der Waals surface area contributed by atoms with Crippen LogP contribution in [0.3, 0.4) is 0 Å². The first kappa shape index (κ1) is 13.4. The van der Waals surface area contributed by atoms with Gasteiger partial charge < -0.3 is 14.5 Å². The summed E-state index contributed by atoms with van der Waals surface area (Å²) < 4.78 is 5.43. The molecule has 0 radical (unpaired) electrons. The van der Waals surface area contributed by atoms with Gasteiger partial charge in [0.15, 0.2) is 0 Å². The molecular formula is C16H22N2O2. The number of ether oxygens (including phenoxy) is 1. The lowest BCUT2D eigenvalue weighted by Crippen LogP contribution is -2.53. The molecule has 0 spiro atoms. The van der Waals surface area contributed by atoms with E-state index in [1.165, 1.54) is 0 Å². The number of para-hydroxylation sites is 1. The van der Waals surface area contributed by atoms with Gasteiger partial charge in [-0.3, -0.25) is 4.79 Å². The average Bonchev–Trinajstić information content (AvgIpc) is 2.97. The van der Waals surface area contributed by atoms with Crippen LogP contribution in [0.25, 0.3) is 0 Å². The summed E-state index contributed by atoms with van der Waals surface area (Å²) in [6.45, 7) is 5.08. The van der Waals surface area contributed by atoms with E-state index >= 15 is 0 Å². The van der Waals surface area contributed by atoms with Crippen LogP contribution in [-0.4, -0.2) is 49.2 Å². The van der Waals surface area contributed by atoms with Gasteiger partial charge in [0.25, 0.3) is 0 Å². The molecule has 4 heteroatoms. The van der Waals surface area contributed by atoms with E-state index in [4.69, 9.17) is 4.74 Å². The SMILES string of the molecule is C[C@H]1COCCN1C(=O)C1CCCN1c1ccccc1. The number of carbonyl (C=O) groups excluding carboxylic acids is 1. The lowest BCUT2D eigenvalue weighted by atomic mass is 10.1. The van der Waals surface area contributed by atoms with Crippen molar-refractivity contribution in [2.75, 3.05) is 31.2 Å². The predicted octanol–water partition coefficient (Wildman–Crippen LogP) is 1.90. The Labute approximate surface area is 120 Å². The van der Waals surface area contributed by atoms with E-state index in [1.807, 2.05) is 23.1 Å². The van der Waals surface area contributed by atoms with Crippen molar-refractivity contribution in [1.82, 2.24) is 4.90 Å². The topological polar surface area (TPSA) is 32.8 Å². The van der Waals surface area contributed by atoms with Gasteiger partial charge in [-0.25, -0.2) is 0 Å². The van der Waals surface area contributed by atoms with E-state index in [1.54, 1.807) is 0 Å². The van der Waals surface area contributed by atoms with Crippen molar-refractivity contribution in [3.05, 3.63) is 30.3 Å². The summed E-state index contributed by atoms with van der Waals surface area (Å²) in [7, 11) is 0. The lowest BCUT2D eigenvalue weighted by molar-refractivity contribution is -0.140. The summed E-state index contributed by atoms with van der Waals surface area (Å²) in [5.41, 5.74) is 1.16. The van der Waals surface area contributed by atoms with Gasteiger partial charge in [-0.15, -0.1) is 0 Å². The van der Waals surface area contributed by atoms with Gasteiger partial charge in [0.1, 0.15) is 6.04 Å². The molecule has 2 atom stereocenters. The van der Waals surface area contributed by atoms with Gasteiger partial charge in [0.2, 0.25) is 5.91 Å². The third-order valence-electron chi connectivity index (χ3n) is 4.28. The Balaban J connectivity index is 1.76. The van der Waals surface area contributed by atoms with Crippen LogP contribution in [0, 0.1) is 0 Å². The molecule has 108 valence electrons. The van der Waals surface area contributed by atoms with Crippen LogP contribution < -0.4 is 4.90 Å². The first-order chi connectivity index (χ1) is 9.77. The number of anilines is 1. The summed E-state index contributed by atoms with van der Waals surface area (Å²) >= 11 is 0. The Morgan fingerprint density at radius 1 is 1.25 bits per heavy atom. The molecule has 2 aliphatic rings. The fraction of sp³-hybridized carbons (Fsp3) is 0.562. The van der Waals surface area contributed by atoms with Gasteiger partial charge in [0.05, 0.1) is 19.3 Å². The van der Waals surface area contributed by atoms with Crippen molar-refractivity contribution in [3.63, 3.8) is 0 Å². The number of morpholine rings is 1. The fourth-order valence-corrected chi connectivity index (χ4v) is 3.20. The molecule has 0 aliphatic carbocycles. The molecular weight excluding hydrogens is 252 g/mol. The Morgan fingerprint density at radius 3 is 2.80 bits per heavy atom. The summed E-state index contributed by atoms with van der Waals surface area (Å²) in [5.74, 6) is 0.266. The van der Waals surface area contributed by atoms with Gasteiger partial charge in [-0.05, 0) is 31.9 Å². The molecule has 1 aromatic carbocycles. The minimum Gasteiger partial charge on any atom is -0.377 e. The molecule has 0 saturated carbocycles. The molecule has 20 heavy (non-hydrogen) atoms.